The molecule has 1 heterocycles. The Morgan fingerprint density at radius 1 is 1.26 bits per heavy atom. The van der Waals surface area contributed by atoms with Gasteiger partial charge in [-0.25, -0.2) is 18.4 Å². The number of benzene rings is 1. The molecule has 0 aliphatic carbocycles. The molecular weight excluding hydrogens is 380 g/mol. The van der Waals surface area contributed by atoms with E-state index in [4.69, 9.17) is 0 Å². The molecule has 0 radical (unpaired) electrons. The molecule has 0 aliphatic heterocycles. The number of aliphatic imine (C=N–C) groups is 1. The predicted octanol–water partition coefficient (Wildman–Crippen LogP) is 2.85. The maximum atomic E-state index is 11.7. The zero-order valence-electron chi connectivity index (χ0n) is 16.4. The van der Waals surface area contributed by atoms with Gasteiger partial charge < -0.3 is 10.6 Å². The summed E-state index contributed by atoms with van der Waals surface area (Å²) in [4.78, 5) is 9.44. The predicted molar refractivity (Wildman–Crippen MR) is 112 cm³/mol. The van der Waals surface area contributed by atoms with Crippen LogP contribution in [0.1, 0.15) is 35.2 Å². The minimum Gasteiger partial charge on any atom is -0.357 e. The van der Waals surface area contributed by atoms with Crippen LogP contribution in [-0.4, -0.2) is 38.7 Å². The van der Waals surface area contributed by atoms with E-state index in [2.05, 4.69) is 26.0 Å². The SMILES string of the molecule is CCNC(=NCc1ccc(S(C)(=O)=O)c(C)c1)NCCCc1nc(C)cs1. The van der Waals surface area contributed by atoms with Crippen molar-refractivity contribution in [2.75, 3.05) is 19.3 Å². The fourth-order valence-corrected chi connectivity index (χ4v) is 4.48. The summed E-state index contributed by atoms with van der Waals surface area (Å²) in [5.74, 6) is 0.762. The maximum Gasteiger partial charge on any atom is 0.191 e. The molecule has 2 aromatic rings. The highest BCUT2D eigenvalue weighted by atomic mass is 32.2. The summed E-state index contributed by atoms with van der Waals surface area (Å²) in [6.45, 7) is 7.94. The molecular formula is C19H28N4O2S2. The Labute approximate surface area is 166 Å². The Morgan fingerprint density at radius 3 is 2.63 bits per heavy atom. The smallest absolute Gasteiger partial charge is 0.191 e. The zero-order chi connectivity index (χ0) is 19.9. The van der Waals surface area contributed by atoms with E-state index in [9.17, 15) is 8.42 Å². The first-order chi connectivity index (χ1) is 12.8. The number of aryl methyl sites for hydroxylation is 3. The average Bonchev–Trinajstić information content (AvgIpc) is 3.00. The van der Waals surface area contributed by atoms with Crippen LogP contribution < -0.4 is 10.6 Å². The summed E-state index contributed by atoms with van der Waals surface area (Å²) in [7, 11) is -3.19. The number of nitrogens with zero attached hydrogens (tertiary/aromatic N) is 2. The molecule has 0 amide bonds. The monoisotopic (exact) mass is 408 g/mol. The molecule has 0 spiro atoms. The van der Waals surface area contributed by atoms with Gasteiger partial charge in [0.2, 0.25) is 0 Å². The Bertz CT molecular complexity index is 889. The lowest BCUT2D eigenvalue weighted by atomic mass is 10.1. The van der Waals surface area contributed by atoms with Crippen LogP contribution in [0, 0.1) is 13.8 Å². The first-order valence-corrected chi connectivity index (χ1v) is 11.8. The van der Waals surface area contributed by atoms with Crippen molar-refractivity contribution in [1.82, 2.24) is 15.6 Å². The molecule has 148 valence electrons. The lowest BCUT2D eigenvalue weighted by molar-refractivity contribution is 0.601. The van der Waals surface area contributed by atoms with Crippen LogP contribution in [0.5, 0.6) is 0 Å². The van der Waals surface area contributed by atoms with Crippen molar-refractivity contribution in [3.05, 3.63) is 45.4 Å². The third-order valence-electron chi connectivity index (χ3n) is 3.93. The van der Waals surface area contributed by atoms with Gasteiger partial charge in [0.1, 0.15) is 0 Å². The summed E-state index contributed by atoms with van der Waals surface area (Å²) in [5, 5.41) is 9.81. The van der Waals surface area contributed by atoms with E-state index in [0.29, 0.717) is 11.4 Å². The van der Waals surface area contributed by atoms with Gasteiger partial charge in [0, 0.05) is 36.8 Å². The topological polar surface area (TPSA) is 83.5 Å². The van der Waals surface area contributed by atoms with Crippen molar-refractivity contribution in [1.29, 1.82) is 0 Å². The van der Waals surface area contributed by atoms with Crippen molar-refractivity contribution in [3.63, 3.8) is 0 Å². The normalized spacial score (nSPS) is 12.2. The van der Waals surface area contributed by atoms with Crippen molar-refractivity contribution in [3.8, 4) is 0 Å². The van der Waals surface area contributed by atoms with Crippen molar-refractivity contribution in [2.24, 2.45) is 4.99 Å². The number of rotatable bonds is 8. The van der Waals surface area contributed by atoms with Crippen LogP contribution in [0.25, 0.3) is 0 Å². The molecule has 0 unspecified atom stereocenters. The van der Waals surface area contributed by atoms with E-state index in [1.165, 1.54) is 6.26 Å². The fourth-order valence-electron chi connectivity index (χ4n) is 2.70. The molecule has 1 aromatic carbocycles. The Kier molecular flexibility index (Phi) is 7.79. The summed E-state index contributed by atoms with van der Waals surface area (Å²) in [6, 6.07) is 5.36. The highest BCUT2D eigenvalue weighted by Crippen LogP contribution is 2.17. The number of sulfone groups is 1. The molecule has 0 saturated carbocycles. The number of aromatic nitrogens is 1. The van der Waals surface area contributed by atoms with E-state index >= 15 is 0 Å². The number of nitrogens with one attached hydrogen (secondary N) is 2. The van der Waals surface area contributed by atoms with Gasteiger partial charge in [-0.2, -0.15) is 0 Å². The van der Waals surface area contributed by atoms with Gasteiger partial charge in [0.05, 0.1) is 16.4 Å². The molecule has 2 rings (SSSR count). The van der Waals surface area contributed by atoms with Crippen LogP contribution in [0.2, 0.25) is 0 Å². The Morgan fingerprint density at radius 2 is 2.04 bits per heavy atom. The Balaban J connectivity index is 1.91. The number of guanidine groups is 1. The number of hydrogen-bond acceptors (Lipinski definition) is 5. The van der Waals surface area contributed by atoms with Gasteiger partial charge in [0.15, 0.2) is 15.8 Å². The lowest BCUT2D eigenvalue weighted by Gasteiger charge is -2.11. The first kappa shape index (κ1) is 21.4. The Hall–Kier alpha value is -1.93. The van der Waals surface area contributed by atoms with Crippen LogP contribution in [0.15, 0.2) is 33.5 Å². The van der Waals surface area contributed by atoms with Gasteiger partial charge in [-0.05, 0) is 44.4 Å². The molecule has 8 heteroatoms. The largest absolute Gasteiger partial charge is 0.357 e. The van der Waals surface area contributed by atoms with Crippen molar-refractivity contribution in [2.45, 2.75) is 45.1 Å². The molecule has 0 fully saturated rings. The molecule has 27 heavy (non-hydrogen) atoms. The third kappa shape index (κ3) is 6.95. The summed E-state index contributed by atoms with van der Waals surface area (Å²) < 4.78 is 23.4. The van der Waals surface area contributed by atoms with E-state index in [1.54, 1.807) is 17.4 Å². The molecule has 0 aliphatic rings. The van der Waals surface area contributed by atoms with Crippen LogP contribution in [0.4, 0.5) is 0 Å². The van der Waals surface area contributed by atoms with Crippen LogP contribution >= 0.6 is 11.3 Å². The molecule has 0 saturated heterocycles. The third-order valence-corrected chi connectivity index (χ3v) is 6.21. The second-order valence-electron chi connectivity index (χ2n) is 6.48. The zero-order valence-corrected chi connectivity index (χ0v) is 18.0. The van der Waals surface area contributed by atoms with Gasteiger partial charge in [-0.15, -0.1) is 11.3 Å². The number of hydrogen-bond donors (Lipinski definition) is 2. The summed E-state index contributed by atoms with van der Waals surface area (Å²) >= 11 is 1.70. The second kappa shape index (κ2) is 9.85. The van der Waals surface area contributed by atoms with E-state index in [-0.39, 0.29) is 0 Å². The standard InChI is InChI=1S/C19H28N4O2S2/c1-5-20-19(21-10-6-7-18-23-15(3)13-26-18)22-12-16-8-9-17(14(2)11-16)27(4,24)25/h8-9,11,13H,5-7,10,12H2,1-4H3,(H2,20,21,22). The van der Waals surface area contributed by atoms with Crippen molar-refractivity contribution >= 4 is 27.1 Å². The second-order valence-corrected chi connectivity index (χ2v) is 9.41. The molecule has 0 bridgehead atoms. The molecule has 1 aromatic heterocycles. The van der Waals surface area contributed by atoms with Gasteiger partial charge in [0.25, 0.3) is 0 Å². The van der Waals surface area contributed by atoms with E-state index < -0.39 is 9.84 Å². The minimum atomic E-state index is -3.19. The number of thiazole rings is 1. The fraction of sp³-hybridized carbons (Fsp3) is 0.474. The summed E-state index contributed by atoms with van der Waals surface area (Å²) in [5.41, 5.74) is 2.81. The molecule has 0 atom stereocenters. The van der Waals surface area contributed by atoms with Crippen LogP contribution in [0.3, 0.4) is 0 Å². The van der Waals surface area contributed by atoms with Crippen LogP contribution in [-0.2, 0) is 22.8 Å². The molecule has 2 N–H and O–H groups in total. The van der Waals surface area contributed by atoms with E-state index in [0.717, 1.165) is 53.7 Å². The van der Waals surface area contributed by atoms with Gasteiger partial charge in [-0.1, -0.05) is 12.1 Å². The first-order valence-electron chi connectivity index (χ1n) is 9.02. The minimum absolute atomic E-state index is 0.373. The average molecular weight is 409 g/mol. The highest BCUT2D eigenvalue weighted by molar-refractivity contribution is 7.90. The summed E-state index contributed by atoms with van der Waals surface area (Å²) in [6.07, 6.45) is 3.17. The van der Waals surface area contributed by atoms with Gasteiger partial charge >= 0.3 is 0 Å². The maximum absolute atomic E-state index is 11.7. The highest BCUT2D eigenvalue weighted by Gasteiger charge is 2.10. The lowest BCUT2D eigenvalue weighted by Crippen LogP contribution is -2.37. The van der Waals surface area contributed by atoms with Gasteiger partial charge in [-0.3, -0.25) is 0 Å². The quantitative estimate of drug-likeness (QED) is 0.399. The van der Waals surface area contributed by atoms with Crippen molar-refractivity contribution < 1.29 is 8.42 Å². The van der Waals surface area contributed by atoms with E-state index in [1.807, 2.05) is 32.9 Å². The molecule has 6 nitrogen and oxygen atoms in total.